The number of nitrogens with one attached hydrogen (secondary N) is 1. The van der Waals surface area contributed by atoms with Crippen molar-refractivity contribution < 1.29 is 27.5 Å². The molecular formula is C15H14F3N3O3S2. The van der Waals surface area contributed by atoms with E-state index in [0.717, 1.165) is 35.2 Å². The number of rotatable bonds is 7. The van der Waals surface area contributed by atoms with Crippen LogP contribution in [0.15, 0.2) is 28.6 Å². The van der Waals surface area contributed by atoms with Crippen molar-refractivity contribution in [3.63, 3.8) is 0 Å². The molecule has 0 saturated carbocycles. The summed E-state index contributed by atoms with van der Waals surface area (Å²) < 4.78 is 43.3. The summed E-state index contributed by atoms with van der Waals surface area (Å²) in [6.45, 7) is 1.98. The van der Waals surface area contributed by atoms with E-state index in [1.807, 2.05) is 0 Å². The van der Waals surface area contributed by atoms with Crippen LogP contribution in [0.5, 0.6) is 0 Å². The number of halogens is 3. The Morgan fingerprint density at radius 1 is 1.31 bits per heavy atom. The predicted octanol–water partition coefficient (Wildman–Crippen LogP) is 3.39. The van der Waals surface area contributed by atoms with Gasteiger partial charge in [-0.25, -0.2) is 0 Å². The molecule has 1 N–H and O–H groups in total. The number of benzene rings is 1. The second kappa shape index (κ2) is 8.99. The summed E-state index contributed by atoms with van der Waals surface area (Å²) in [4.78, 5) is 23.2. The van der Waals surface area contributed by atoms with E-state index in [4.69, 9.17) is 4.74 Å². The van der Waals surface area contributed by atoms with Gasteiger partial charge >= 0.3 is 12.1 Å². The van der Waals surface area contributed by atoms with Crippen LogP contribution < -0.4 is 5.32 Å². The van der Waals surface area contributed by atoms with Gasteiger partial charge in [0, 0.05) is 0 Å². The molecule has 2 aromatic rings. The lowest BCUT2D eigenvalue weighted by atomic mass is 10.1. The van der Waals surface area contributed by atoms with Gasteiger partial charge in [-0.1, -0.05) is 41.3 Å². The number of hydrogen-bond acceptors (Lipinski definition) is 7. The number of anilines is 1. The third-order valence-corrected chi connectivity index (χ3v) is 4.84. The Bertz CT molecular complexity index is 781. The first-order valence-electron chi connectivity index (χ1n) is 7.36. The van der Waals surface area contributed by atoms with E-state index in [9.17, 15) is 22.8 Å². The van der Waals surface area contributed by atoms with Gasteiger partial charge in [-0.05, 0) is 18.6 Å². The Kier molecular flexibility index (Phi) is 6.98. The highest BCUT2D eigenvalue weighted by Crippen LogP contribution is 2.30. The molecule has 0 radical (unpaired) electrons. The third-order valence-electron chi connectivity index (χ3n) is 2.89. The summed E-state index contributed by atoms with van der Waals surface area (Å²) in [5, 5.41) is 10.3. The number of carbonyl (C=O) groups excluding carboxylic acids is 2. The molecule has 6 nitrogen and oxygen atoms in total. The molecule has 0 saturated heterocycles. The lowest BCUT2D eigenvalue weighted by Gasteiger charge is -2.08. The number of carbonyl (C=O) groups is 2. The number of ether oxygens (including phenoxy) is 1. The lowest BCUT2D eigenvalue weighted by molar-refractivity contribution is -0.140. The maximum Gasteiger partial charge on any atom is 0.416 e. The molecular weight excluding hydrogens is 391 g/mol. The smallest absolute Gasteiger partial charge is 0.416 e. The third kappa shape index (κ3) is 6.30. The van der Waals surface area contributed by atoms with E-state index in [1.165, 1.54) is 12.1 Å². The zero-order valence-corrected chi connectivity index (χ0v) is 15.1. The van der Waals surface area contributed by atoms with E-state index in [2.05, 4.69) is 15.5 Å². The van der Waals surface area contributed by atoms with Gasteiger partial charge in [-0.15, -0.1) is 10.2 Å². The Hall–Kier alpha value is -2.14. The van der Waals surface area contributed by atoms with Crippen molar-refractivity contribution in [3.05, 3.63) is 35.4 Å². The molecule has 0 aliphatic carbocycles. The highest BCUT2D eigenvalue weighted by molar-refractivity contribution is 8.01. The molecule has 140 valence electrons. The van der Waals surface area contributed by atoms with Crippen LogP contribution in [0, 0.1) is 0 Å². The minimum absolute atomic E-state index is 0.0701. The van der Waals surface area contributed by atoms with Crippen molar-refractivity contribution in [3.8, 4) is 0 Å². The van der Waals surface area contributed by atoms with E-state index in [1.54, 1.807) is 6.92 Å². The summed E-state index contributed by atoms with van der Waals surface area (Å²) in [6, 6.07) is 4.57. The number of esters is 1. The molecule has 1 aromatic carbocycles. The van der Waals surface area contributed by atoms with Crippen LogP contribution in [0.4, 0.5) is 18.3 Å². The standard InChI is InChI=1S/C15H14F3N3O3S2/c1-2-24-12(23)8-25-14-21-20-13(26-14)19-11(22)7-9-4-3-5-10(6-9)15(16,17)18/h3-6H,2,7-8H2,1H3,(H,19,20,22). The maximum atomic E-state index is 12.7. The minimum Gasteiger partial charge on any atom is -0.465 e. The molecule has 26 heavy (non-hydrogen) atoms. The summed E-state index contributed by atoms with van der Waals surface area (Å²) in [5.41, 5.74) is -0.574. The Morgan fingerprint density at radius 2 is 2.08 bits per heavy atom. The van der Waals surface area contributed by atoms with Crippen LogP contribution in [-0.2, 0) is 26.9 Å². The fourth-order valence-electron chi connectivity index (χ4n) is 1.85. The van der Waals surface area contributed by atoms with Gasteiger partial charge in [0.1, 0.15) is 0 Å². The van der Waals surface area contributed by atoms with Crippen molar-refractivity contribution in [1.82, 2.24) is 10.2 Å². The average Bonchev–Trinajstić information content (AvgIpc) is 3.00. The first-order valence-corrected chi connectivity index (χ1v) is 9.16. The van der Waals surface area contributed by atoms with E-state index < -0.39 is 17.6 Å². The first kappa shape index (κ1) is 20.2. The normalized spacial score (nSPS) is 11.2. The van der Waals surface area contributed by atoms with Crippen LogP contribution in [-0.4, -0.2) is 34.4 Å². The van der Waals surface area contributed by atoms with Crippen molar-refractivity contribution in [2.75, 3.05) is 17.7 Å². The zero-order valence-electron chi connectivity index (χ0n) is 13.5. The molecule has 0 aliphatic heterocycles. The molecule has 0 atom stereocenters. The molecule has 0 bridgehead atoms. The molecule has 0 unspecified atom stereocenters. The lowest BCUT2D eigenvalue weighted by Crippen LogP contribution is -2.15. The van der Waals surface area contributed by atoms with Gasteiger partial charge in [-0.3, -0.25) is 9.59 Å². The topological polar surface area (TPSA) is 81.2 Å². The van der Waals surface area contributed by atoms with Crippen molar-refractivity contribution in [2.45, 2.75) is 23.9 Å². The molecule has 0 aliphatic rings. The van der Waals surface area contributed by atoms with Crippen molar-refractivity contribution in [2.24, 2.45) is 0 Å². The number of nitrogens with zero attached hydrogens (tertiary/aromatic N) is 2. The molecule has 1 aromatic heterocycles. The average molecular weight is 405 g/mol. The maximum absolute atomic E-state index is 12.7. The number of hydrogen-bond donors (Lipinski definition) is 1. The number of alkyl halides is 3. The van der Waals surface area contributed by atoms with Crippen LogP contribution in [0.3, 0.4) is 0 Å². The minimum atomic E-state index is -4.46. The Labute approximate surface area is 155 Å². The summed E-state index contributed by atoms with van der Waals surface area (Å²) in [6.07, 6.45) is -4.69. The van der Waals surface area contributed by atoms with Gasteiger partial charge in [0.25, 0.3) is 0 Å². The first-order chi connectivity index (χ1) is 12.3. The summed E-state index contributed by atoms with van der Waals surface area (Å²) >= 11 is 2.18. The molecule has 0 fully saturated rings. The number of amides is 1. The second-order valence-electron chi connectivity index (χ2n) is 4.89. The molecule has 0 spiro atoms. The zero-order chi connectivity index (χ0) is 19.2. The Balaban J connectivity index is 1.89. The van der Waals surface area contributed by atoms with Crippen molar-refractivity contribution >= 4 is 40.1 Å². The van der Waals surface area contributed by atoms with E-state index in [-0.39, 0.29) is 35.4 Å². The molecule has 1 heterocycles. The van der Waals surface area contributed by atoms with Crippen LogP contribution >= 0.6 is 23.1 Å². The number of aromatic nitrogens is 2. The fraction of sp³-hybridized carbons (Fsp3) is 0.333. The Morgan fingerprint density at radius 3 is 2.77 bits per heavy atom. The predicted molar refractivity (Wildman–Crippen MR) is 91.0 cm³/mol. The van der Waals surface area contributed by atoms with Gasteiger partial charge in [-0.2, -0.15) is 13.2 Å². The largest absolute Gasteiger partial charge is 0.465 e. The van der Waals surface area contributed by atoms with Gasteiger partial charge in [0.05, 0.1) is 24.3 Å². The summed E-state index contributed by atoms with van der Waals surface area (Å²) in [7, 11) is 0. The number of thioether (sulfide) groups is 1. The van der Waals surface area contributed by atoms with Crippen LogP contribution in [0.2, 0.25) is 0 Å². The fourth-order valence-corrected chi connectivity index (χ4v) is 3.41. The molecule has 1 amide bonds. The second-order valence-corrected chi connectivity index (χ2v) is 7.09. The highest BCUT2D eigenvalue weighted by Gasteiger charge is 2.30. The van der Waals surface area contributed by atoms with Gasteiger partial charge in [0.15, 0.2) is 4.34 Å². The highest BCUT2D eigenvalue weighted by atomic mass is 32.2. The molecule has 2 rings (SSSR count). The molecule has 11 heteroatoms. The SMILES string of the molecule is CCOC(=O)CSc1nnc(NC(=O)Cc2cccc(C(F)(F)F)c2)s1. The summed E-state index contributed by atoms with van der Waals surface area (Å²) in [5.74, 6) is -0.828. The van der Waals surface area contributed by atoms with Crippen LogP contribution in [0.25, 0.3) is 0 Å². The van der Waals surface area contributed by atoms with Gasteiger partial charge < -0.3 is 10.1 Å². The van der Waals surface area contributed by atoms with Crippen LogP contribution in [0.1, 0.15) is 18.1 Å². The van der Waals surface area contributed by atoms with Gasteiger partial charge in [0.2, 0.25) is 11.0 Å². The quantitative estimate of drug-likeness (QED) is 0.432. The van der Waals surface area contributed by atoms with E-state index >= 15 is 0 Å². The van der Waals surface area contributed by atoms with Crippen molar-refractivity contribution in [1.29, 1.82) is 0 Å². The van der Waals surface area contributed by atoms with E-state index in [0.29, 0.717) is 4.34 Å². The monoisotopic (exact) mass is 405 g/mol.